The van der Waals surface area contributed by atoms with Crippen molar-refractivity contribution >= 4 is 5.91 Å². The molecule has 0 aliphatic carbocycles. The molecule has 0 fully saturated rings. The lowest BCUT2D eigenvalue weighted by atomic mass is 9.95. The van der Waals surface area contributed by atoms with Crippen LogP contribution >= 0.6 is 0 Å². The van der Waals surface area contributed by atoms with Crippen molar-refractivity contribution in [2.75, 3.05) is 19.6 Å². The zero-order chi connectivity index (χ0) is 12.7. The fraction of sp³-hybridized carbons (Fsp3) is 0.500. The van der Waals surface area contributed by atoms with Gasteiger partial charge in [0.05, 0.1) is 5.92 Å². The van der Waals surface area contributed by atoms with Crippen LogP contribution in [0, 0.1) is 0 Å². The first-order chi connectivity index (χ1) is 8.24. The maximum absolute atomic E-state index is 12.4. The molecule has 2 N–H and O–H groups in total. The minimum Gasteiger partial charge on any atom is -0.341 e. The highest BCUT2D eigenvalue weighted by molar-refractivity contribution is 5.83. The molecular weight excluding hydrogens is 212 g/mol. The SMILES string of the molecule is CCC(C(=O)N(CC)CCN)c1ccccc1. The van der Waals surface area contributed by atoms with E-state index < -0.39 is 0 Å². The van der Waals surface area contributed by atoms with Crippen LogP contribution in [0.15, 0.2) is 30.3 Å². The van der Waals surface area contributed by atoms with Gasteiger partial charge in [0.15, 0.2) is 0 Å². The Morgan fingerprint density at radius 3 is 2.41 bits per heavy atom. The molecule has 0 aliphatic rings. The van der Waals surface area contributed by atoms with E-state index in [0.29, 0.717) is 13.1 Å². The molecule has 0 saturated heterocycles. The number of benzene rings is 1. The Morgan fingerprint density at radius 2 is 1.94 bits per heavy atom. The van der Waals surface area contributed by atoms with Gasteiger partial charge in [-0.15, -0.1) is 0 Å². The second-order valence-electron chi connectivity index (χ2n) is 4.08. The molecule has 1 aromatic rings. The van der Waals surface area contributed by atoms with Gasteiger partial charge in [-0.2, -0.15) is 0 Å². The molecule has 0 saturated carbocycles. The van der Waals surface area contributed by atoms with Gasteiger partial charge in [-0.1, -0.05) is 37.3 Å². The van der Waals surface area contributed by atoms with Crippen molar-refractivity contribution in [3.63, 3.8) is 0 Å². The van der Waals surface area contributed by atoms with Gasteiger partial charge in [-0.05, 0) is 18.9 Å². The van der Waals surface area contributed by atoms with E-state index in [-0.39, 0.29) is 11.8 Å². The third-order valence-electron chi connectivity index (χ3n) is 3.00. The standard InChI is InChI=1S/C14H22N2O/c1-3-13(12-8-6-5-7-9-12)14(17)16(4-2)11-10-15/h5-9,13H,3-4,10-11,15H2,1-2H3. The van der Waals surface area contributed by atoms with Crippen molar-refractivity contribution in [1.29, 1.82) is 0 Å². The fourth-order valence-electron chi connectivity index (χ4n) is 2.04. The van der Waals surface area contributed by atoms with Gasteiger partial charge in [-0.3, -0.25) is 4.79 Å². The Bertz CT molecular complexity index is 337. The van der Waals surface area contributed by atoms with E-state index in [0.717, 1.165) is 18.5 Å². The third-order valence-corrected chi connectivity index (χ3v) is 3.00. The Kier molecular flexibility index (Phi) is 5.70. The summed E-state index contributed by atoms with van der Waals surface area (Å²) in [7, 11) is 0. The molecular formula is C14H22N2O. The molecule has 1 unspecified atom stereocenters. The van der Waals surface area contributed by atoms with Crippen molar-refractivity contribution in [2.24, 2.45) is 5.73 Å². The second kappa shape index (κ2) is 7.07. The lowest BCUT2D eigenvalue weighted by Gasteiger charge is -2.25. The Labute approximate surface area is 104 Å². The average molecular weight is 234 g/mol. The van der Waals surface area contributed by atoms with Crippen LogP contribution < -0.4 is 5.73 Å². The monoisotopic (exact) mass is 234 g/mol. The lowest BCUT2D eigenvalue weighted by Crippen LogP contribution is -2.38. The number of likely N-dealkylation sites (N-methyl/N-ethyl adjacent to an activating group) is 1. The summed E-state index contributed by atoms with van der Waals surface area (Å²) in [5.41, 5.74) is 6.62. The molecule has 0 bridgehead atoms. The van der Waals surface area contributed by atoms with Gasteiger partial charge in [0.1, 0.15) is 0 Å². The maximum Gasteiger partial charge on any atom is 0.230 e. The van der Waals surface area contributed by atoms with Crippen LogP contribution in [0.2, 0.25) is 0 Å². The van der Waals surface area contributed by atoms with Gasteiger partial charge in [-0.25, -0.2) is 0 Å². The molecule has 0 aromatic heterocycles. The van der Waals surface area contributed by atoms with Crippen LogP contribution in [0.4, 0.5) is 0 Å². The van der Waals surface area contributed by atoms with Crippen molar-refractivity contribution in [2.45, 2.75) is 26.2 Å². The van der Waals surface area contributed by atoms with Crippen LogP contribution in [0.25, 0.3) is 0 Å². The zero-order valence-corrected chi connectivity index (χ0v) is 10.7. The molecule has 1 amide bonds. The van der Waals surface area contributed by atoms with Gasteiger partial charge in [0.2, 0.25) is 5.91 Å². The van der Waals surface area contributed by atoms with Crippen LogP contribution in [0.5, 0.6) is 0 Å². The smallest absolute Gasteiger partial charge is 0.230 e. The van der Waals surface area contributed by atoms with Gasteiger partial charge < -0.3 is 10.6 Å². The Balaban J connectivity index is 2.83. The summed E-state index contributed by atoms with van der Waals surface area (Å²) in [6.07, 6.45) is 0.823. The summed E-state index contributed by atoms with van der Waals surface area (Å²) in [6, 6.07) is 9.96. The van der Waals surface area contributed by atoms with E-state index in [1.165, 1.54) is 0 Å². The average Bonchev–Trinajstić information content (AvgIpc) is 2.38. The maximum atomic E-state index is 12.4. The predicted octanol–water partition coefficient (Wildman–Crippen LogP) is 1.99. The number of carbonyl (C=O) groups excluding carboxylic acids is 1. The molecule has 94 valence electrons. The molecule has 0 heterocycles. The highest BCUT2D eigenvalue weighted by Gasteiger charge is 2.22. The number of carbonyl (C=O) groups is 1. The first kappa shape index (κ1) is 13.7. The van der Waals surface area contributed by atoms with Crippen LogP contribution in [0.3, 0.4) is 0 Å². The summed E-state index contributed by atoms with van der Waals surface area (Å²) in [5.74, 6) is 0.148. The topological polar surface area (TPSA) is 46.3 Å². The van der Waals surface area contributed by atoms with Crippen molar-refractivity contribution < 1.29 is 4.79 Å². The number of nitrogens with two attached hydrogens (primary N) is 1. The molecule has 1 atom stereocenters. The van der Waals surface area contributed by atoms with E-state index in [2.05, 4.69) is 0 Å². The number of rotatable bonds is 6. The predicted molar refractivity (Wildman–Crippen MR) is 70.8 cm³/mol. The Hall–Kier alpha value is -1.35. The molecule has 17 heavy (non-hydrogen) atoms. The molecule has 0 aliphatic heterocycles. The first-order valence-electron chi connectivity index (χ1n) is 6.28. The van der Waals surface area contributed by atoms with Gasteiger partial charge in [0.25, 0.3) is 0 Å². The van der Waals surface area contributed by atoms with Crippen LogP contribution in [-0.2, 0) is 4.79 Å². The molecule has 1 rings (SSSR count). The zero-order valence-electron chi connectivity index (χ0n) is 10.7. The van der Waals surface area contributed by atoms with E-state index >= 15 is 0 Å². The second-order valence-corrected chi connectivity index (χ2v) is 4.08. The number of nitrogens with zero attached hydrogens (tertiary/aromatic N) is 1. The number of hydrogen-bond donors (Lipinski definition) is 1. The molecule has 0 radical (unpaired) electrons. The summed E-state index contributed by atoms with van der Waals surface area (Å²) >= 11 is 0. The van der Waals surface area contributed by atoms with Crippen molar-refractivity contribution in [3.8, 4) is 0 Å². The highest BCUT2D eigenvalue weighted by atomic mass is 16.2. The molecule has 3 heteroatoms. The lowest BCUT2D eigenvalue weighted by molar-refractivity contribution is -0.132. The number of amides is 1. The van der Waals surface area contributed by atoms with Gasteiger partial charge >= 0.3 is 0 Å². The van der Waals surface area contributed by atoms with E-state index in [1.807, 2.05) is 49.1 Å². The summed E-state index contributed by atoms with van der Waals surface area (Å²) in [4.78, 5) is 14.2. The van der Waals surface area contributed by atoms with Crippen LogP contribution in [-0.4, -0.2) is 30.4 Å². The summed E-state index contributed by atoms with van der Waals surface area (Å²) in [6.45, 7) is 5.92. The molecule has 0 spiro atoms. The van der Waals surface area contributed by atoms with Crippen molar-refractivity contribution in [1.82, 2.24) is 4.90 Å². The number of hydrogen-bond acceptors (Lipinski definition) is 2. The minimum absolute atomic E-state index is 0.0392. The minimum atomic E-state index is -0.0392. The fourth-order valence-corrected chi connectivity index (χ4v) is 2.04. The van der Waals surface area contributed by atoms with Crippen molar-refractivity contribution in [3.05, 3.63) is 35.9 Å². The van der Waals surface area contributed by atoms with Crippen LogP contribution in [0.1, 0.15) is 31.7 Å². The molecule has 3 nitrogen and oxygen atoms in total. The summed E-state index contributed by atoms with van der Waals surface area (Å²) in [5, 5.41) is 0. The normalized spacial score (nSPS) is 12.2. The Morgan fingerprint density at radius 1 is 1.29 bits per heavy atom. The first-order valence-corrected chi connectivity index (χ1v) is 6.28. The molecule has 1 aromatic carbocycles. The quantitative estimate of drug-likeness (QED) is 0.818. The highest BCUT2D eigenvalue weighted by Crippen LogP contribution is 2.21. The summed E-state index contributed by atoms with van der Waals surface area (Å²) < 4.78 is 0. The van der Waals surface area contributed by atoms with E-state index in [4.69, 9.17) is 5.73 Å². The van der Waals surface area contributed by atoms with E-state index in [9.17, 15) is 4.79 Å². The largest absolute Gasteiger partial charge is 0.341 e. The third kappa shape index (κ3) is 3.56. The van der Waals surface area contributed by atoms with Gasteiger partial charge in [0, 0.05) is 19.6 Å². The van der Waals surface area contributed by atoms with E-state index in [1.54, 1.807) is 0 Å².